The zero-order chi connectivity index (χ0) is 60.1. The van der Waals surface area contributed by atoms with E-state index >= 15 is 0 Å². The first-order chi connectivity index (χ1) is 40.6. The maximum Gasteiger partial charge on any atom is 0.306 e. The van der Waals surface area contributed by atoms with Crippen LogP contribution in [-0.4, -0.2) is 142 Å². The summed E-state index contributed by atoms with van der Waals surface area (Å²) < 4.78 is 34.5. The molecule has 2 aliphatic heterocycles. The molecule has 83 heavy (non-hydrogen) atoms. The Hall–Kier alpha value is -2.83. The van der Waals surface area contributed by atoms with Crippen LogP contribution in [0.3, 0.4) is 0 Å². The molecular formula is C69H120O14. The summed E-state index contributed by atoms with van der Waals surface area (Å²) in [6.45, 7) is 3.57. The second-order valence-corrected chi connectivity index (χ2v) is 22.9. The molecule has 0 radical (unpaired) electrons. The molecule has 0 aromatic carbocycles. The molecule has 14 heteroatoms. The second kappa shape index (κ2) is 54.6. The smallest absolute Gasteiger partial charge is 0.306 e. The number of hydrogen-bond donors (Lipinski definition) is 7. The van der Waals surface area contributed by atoms with E-state index in [-0.39, 0.29) is 25.6 Å². The van der Waals surface area contributed by atoms with Crippen molar-refractivity contribution >= 4 is 5.97 Å². The molecule has 2 aliphatic rings. The third kappa shape index (κ3) is 40.3. The zero-order valence-corrected chi connectivity index (χ0v) is 51.9. The van der Waals surface area contributed by atoms with Gasteiger partial charge < -0.3 is 64.2 Å². The molecule has 0 aliphatic carbocycles. The lowest BCUT2D eigenvalue weighted by atomic mass is 9.98. The summed E-state index contributed by atoms with van der Waals surface area (Å²) in [6, 6.07) is 0. The molecule has 7 N–H and O–H groups in total. The van der Waals surface area contributed by atoms with E-state index in [1.165, 1.54) is 128 Å². The minimum Gasteiger partial charge on any atom is -0.457 e. The van der Waals surface area contributed by atoms with Gasteiger partial charge in [-0.3, -0.25) is 4.79 Å². The molecular weight excluding hydrogens is 1050 g/mol. The number of aliphatic hydroxyl groups is 7. The topological polar surface area (TPSA) is 214 Å². The summed E-state index contributed by atoms with van der Waals surface area (Å²) in [5, 5.41) is 72.6. The number of esters is 1. The summed E-state index contributed by atoms with van der Waals surface area (Å²) in [5.74, 6) is -0.381. The molecule has 11 unspecified atom stereocenters. The molecule has 0 aromatic rings. The van der Waals surface area contributed by atoms with Crippen molar-refractivity contribution in [2.75, 3.05) is 33.0 Å². The van der Waals surface area contributed by atoms with Crippen molar-refractivity contribution in [3.05, 3.63) is 85.1 Å². The minimum atomic E-state index is -1.71. The zero-order valence-electron chi connectivity index (χ0n) is 51.9. The Morgan fingerprint density at radius 1 is 0.410 bits per heavy atom. The number of carbonyl (C=O) groups excluding carboxylic acids is 1. The predicted octanol–water partition coefficient (Wildman–Crippen LogP) is 13.5. The van der Waals surface area contributed by atoms with Crippen molar-refractivity contribution in [1.29, 1.82) is 0 Å². The quantitative estimate of drug-likeness (QED) is 0.0171. The molecule has 0 aromatic heterocycles. The van der Waals surface area contributed by atoms with Crippen LogP contribution in [0.25, 0.3) is 0 Å². The molecule has 14 nitrogen and oxygen atoms in total. The van der Waals surface area contributed by atoms with Crippen LogP contribution >= 0.6 is 0 Å². The number of carbonyl (C=O) groups is 1. The van der Waals surface area contributed by atoms with Gasteiger partial charge in [0.15, 0.2) is 12.6 Å². The van der Waals surface area contributed by atoms with E-state index in [0.717, 1.165) is 89.9 Å². The van der Waals surface area contributed by atoms with Gasteiger partial charge in [-0.25, -0.2) is 0 Å². The molecule has 2 rings (SSSR count). The minimum absolute atomic E-state index is 0.0500. The van der Waals surface area contributed by atoms with Crippen LogP contribution in [0.1, 0.15) is 245 Å². The van der Waals surface area contributed by atoms with Crippen LogP contribution in [0.2, 0.25) is 0 Å². The third-order valence-corrected chi connectivity index (χ3v) is 15.4. The Morgan fingerprint density at radius 2 is 0.783 bits per heavy atom. The van der Waals surface area contributed by atoms with E-state index in [9.17, 15) is 40.5 Å². The molecule has 0 saturated carbocycles. The predicted molar refractivity (Wildman–Crippen MR) is 335 cm³/mol. The average molecular weight is 1170 g/mol. The number of unbranched alkanes of at least 4 members (excludes halogenated alkanes) is 26. The summed E-state index contributed by atoms with van der Waals surface area (Å²) in [4.78, 5) is 13.1. The van der Waals surface area contributed by atoms with Crippen LogP contribution in [0.4, 0.5) is 0 Å². The average Bonchev–Trinajstić information content (AvgIpc) is 3.69. The van der Waals surface area contributed by atoms with Crippen molar-refractivity contribution in [3.8, 4) is 0 Å². The molecule has 2 saturated heterocycles. The fourth-order valence-corrected chi connectivity index (χ4v) is 10.1. The Morgan fingerprint density at radius 3 is 1.24 bits per heavy atom. The van der Waals surface area contributed by atoms with Gasteiger partial charge in [0, 0.05) is 13.0 Å². The Bertz CT molecular complexity index is 1690. The second-order valence-electron chi connectivity index (χ2n) is 22.9. The van der Waals surface area contributed by atoms with Gasteiger partial charge in [0.2, 0.25) is 0 Å². The van der Waals surface area contributed by atoms with Crippen molar-refractivity contribution in [2.45, 2.75) is 313 Å². The van der Waals surface area contributed by atoms with Crippen LogP contribution in [0.15, 0.2) is 85.1 Å². The van der Waals surface area contributed by atoms with Gasteiger partial charge in [-0.1, -0.05) is 234 Å². The normalized spacial score (nSPS) is 24.0. The molecule has 2 heterocycles. The highest BCUT2D eigenvalue weighted by atomic mass is 16.7. The number of aliphatic hydroxyl groups excluding tert-OH is 7. The Kier molecular flexibility index (Phi) is 50.1. The first kappa shape index (κ1) is 76.3. The van der Waals surface area contributed by atoms with Crippen molar-refractivity contribution in [1.82, 2.24) is 0 Å². The van der Waals surface area contributed by atoms with E-state index < -0.39 is 80.7 Å². The van der Waals surface area contributed by atoms with Gasteiger partial charge >= 0.3 is 5.97 Å². The molecule has 11 atom stereocenters. The largest absolute Gasteiger partial charge is 0.457 e. The first-order valence-electron chi connectivity index (χ1n) is 33.2. The Labute approximate surface area is 503 Å². The van der Waals surface area contributed by atoms with E-state index in [4.69, 9.17) is 28.4 Å². The van der Waals surface area contributed by atoms with E-state index in [1.807, 2.05) is 0 Å². The molecule has 0 bridgehead atoms. The molecule has 2 fully saturated rings. The molecule has 0 amide bonds. The van der Waals surface area contributed by atoms with Gasteiger partial charge in [0.25, 0.3) is 0 Å². The molecule has 480 valence electrons. The van der Waals surface area contributed by atoms with Gasteiger partial charge in [-0.15, -0.1) is 0 Å². The number of rotatable bonds is 54. The monoisotopic (exact) mass is 1170 g/mol. The summed E-state index contributed by atoms with van der Waals surface area (Å²) >= 11 is 0. The first-order valence-corrected chi connectivity index (χ1v) is 33.2. The number of allylic oxidation sites excluding steroid dienone is 14. The molecule has 0 spiro atoms. The van der Waals surface area contributed by atoms with Gasteiger partial charge in [0.05, 0.1) is 26.4 Å². The lowest BCUT2D eigenvalue weighted by Gasteiger charge is -2.42. The SMILES string of the molecule is CC/C=C\C/C=C\C/C=C\C/C=C\C/C=C\C/C=C\CCCCCCCCCOCC(COC1OC(COC2OC(CO)C(O)C(O)C2O)C(O)C(O)C1O)OC(=O)CCCCCCCCCCCCC/C=C\CCCCCCCCCC. The van der Waals surface area contributed by atoms with E-state index in [1.54, 1.807) is 0 Å². The maximum atomic E-state index is 13.1. The number of ether oxygens (including phenoxy) is 6. The standard InChI is InChI=1S/C69H120O14/c1-3-5-7-9-11-13-15-17-19-21-23-25-27-28-29-31-33-35-37-39-41-43-45-47-49-51-53-78-55-58(56-79-68-67(77)65(75)63(73)60(83-68)57-80-69-66(76)64(74)62(72)59(54-70)82-69)81-61(71)52-50-48-46-44-42-40-38-36-34-32-30-26-24-22-20-18-16-14-12-10-8-6-4-2/h5,7,11,13,17,19,22-25,28-29,33,35,58-60,62-70,72-77H,3-4,6,8-10,12,14-16,18,20-21,26-27,30-32,34,36-57H2,1-2H3/b7-5-,13-11-,19-17-,24-22-,25-23-,29-28-,35-33-. The highest BCUT2D eigenvalue weighted by molar-refractivity contribution is 5.69. The van der Waals surface area contributed by atoms with E-state index in [0.29, 0.717) is 13.0 Å². The fraction of sp³-hybridized carbons (Fsp3) is 0.783. The van der Waals surface area contributed by atoms with Crippen LogP contribution in [-0.2, 0) is 33.2 Å². The van der Waals surface area contributed by atoms with Crippen LogP contribution in [0.5, 0.6) is 0 Å². The van der Waals surface area contributed by atoms with Crippen LogP contribution in [0, 0.1) is 0 Å². The van der Waals surface area contributed by atoms with Crippen LogP contribution < -0.4 is 0 Å². The lowest BCUT2D eigenvalue weighted by Crippen LogP contribution is -2.61. The van der Waals surface area contributed by atoms with Gasteiger partial charge in [-0.2, -0.15) is 0 Å². The highest BCUT2D eigenvalue weighted by Gasteiger charge is 2.47. The van der Waals surface area contributed by atoms with Gasteiger partial charge in [-0.05, 0) is 89.9 Å². The third-order valence-electron chi connectivity index (χ3n) is 15.4. The summed E-state index contributed by atoms with van der Waals surface area (Å²) in [5.41, 5.74) is 0. The fourth-order valence-electron chi connectivity index (χ4n) is 10.1. The van der Waals surface area contributed by atoms with Gasteiger partial charge in [0.1, 0.15) is 54.9 Å². The maximum absolute atomic E-state index is 13.1. The van der Waals surface area contributed by atoms with Crippen molar-refractivity contribution in [3.63, 3.8) is 0 Å². The summed E-state index contributed by atoms with van der Waals surface area (Å²) in [7, 11) is 0. The highest BCUT2D eigenvalue weighted by Crippen LogP contribution is 2.27. The summed E-state index contributed by atoms with van der Waals surface area (Å²) in [6.07, 6.45) is 56.4. The number of hydrogen-bond acceptors (Lipinski definition) is 14. The Balaban J connectivity index is 1.67. The van der Waals surface area contributed by atoms with Crippen molar-refractivity contribution < 1.29 is 69.0 Å². The lowest BCUT2D eigenvalue weighted by molar-refractivity contribution is -0.332. The van der Waals surface area contributed by atoms with Crippen molar-refractivity contribution in [2.24, 2.45) is 0 Å². The van der Waals surface area contributed by atoms with E-state index in [2.05, 4.69) is 98.9 Å².